The first-order valence-electron chi connectivity index (χ1n) is 1.67. The van der Waals surface area contributed by atoms with E-state index in [0.717, 1.165) is 0 Å². The zero-order valence-corrected chi connectivity index (χ0v) is 3.24. The van der Waals surface area contributed by atoms with Gasteiger partial charge in [0, 0.05) is 0 Å². The van der Waals surface area contributed by atoms with Crippen LogP contribution in [-0.4, -0.2) is 11.4 Å². The first-order valence-corrected chi connectivity index (χ1v) is 1.67. The highest BCUT2D eigenvalue weighted by molar-refractivity contribution is 5.06. The Bertz CT molecular complexity index is 111. The first-order chi connectivity index (χ1) is 3.22. The van der Waals surface area contributed by atoms with Gasteiger partial charge in [-0.05, 0) is 0 Å². The van der Waals surface area contributed by atoms with Crippen LogP contribution in [0.2, 0.25) is 0 Å². The molecule has 0 radical (unpaired) electrons. The Hall–Kier alpha value is -0.670. The number of rotatable bonds is 0. The second-order valence-electron chi connectivity index (χ2n) is 1.19. The molecule has 0 saturated carbocycles. The number of halogens is 3. The normalized spacial score (nSPS) is 29.3. The monoisotopic (exact) mass is 109 g/mol. The van der Waals surface area contributed by atoms with Crippen LogP contribution in [0.15, 0.2) is 12.0 Å². The molecule has 1 unspecified atom stereocenters. The highest BCUT2D eigenvalue weighted by Gasteiger charge is 2.29. The van der Waals surface area contributed by atoms with Crippen LogP contribution in [-0.2, 0) is 0 Å². The van der Waals surface area contributed by atoms with Crippen molar-refractivity contribution in [2.75, 3.05) is 0 Å². The molecular formula is C3H2F3N. The average Bonchev–Trinajstić information content (AvgIpc) is 1.68. The molecule has 1 heterocycles. The number of nitrogens with zero attached hydrogens (tertiary/aromatic N) is 1. The SMILES string of the molecule is FC1=CN(F)C1F. The van der Waals surface area contributed by atoms with Crippen LogP contribution in [0.5, 0.6) is 0 Å². The third-order valence-electron chi connectivity index (χ3n) is 0.691. The highest BCUT2D eigenvalue weighted by Crippen LogP contribution is 2.24. The van der Waals surface area contributed by atoms with Crippen molar-refractivity contribution in [3.05, 3.63) is 12.0 Å². The van der Waals surface area contributed by atoms with E-state index in [0.29, 0.717) is 6.20 Å². The Balaban J connectivity index is 2.57. The molecular weight excluding hydrogens is 107 g/mol. The molecule has 0 fully saturated rings. The summed E-state index contributed by atoms with van der Waals surface area (Å²) in [5.41, 5.74) is 0. The van der Waals surface area contributed by atoms with Crippen molar-refractivity contribution >= 4 is 0 Å². The quantitative estimate of drug-likeness (QED) is 0.334. The molecule has 0 aromatic rings. The van der Waals surface area contributed by atoms with Crippen molar-refractivity contribution in [1.29, 1.82) is 0 Å². The lowest BCUT2D eigenvalue weighted by molar-refractivity contribution is -0.0597. The van der Waals surface area contributed by atoms with Gasteiger partial charge in [0.15, 0.2) is 5.83 Å². The fourth-order valence-electron chi connectivity index (χ4n) is 0.280. The predicted octanol–water partition coefficient (Wildman–Crippen LogP) is 1.29. The summed E-state index contributed by atoms with van der Waals surface area (Å²) < 4.78 is 34.1. The van der Waals surface area contributed by atoms with Gasteiger partial charge >= 0.3 is 0 Å². The third kappa shape index (κ3) is 0.460. The van der Waals surface area contributed by atoms with Crippen molar-refractivity contribution in [3.63, 3.8) is 0 Å². The maximum Gasteiger partial charge on any atom is 0.252 e. The summed E-state index contributed by atoms with van der Waals surface area (Å²) in [5, 5.41) is -0.338. The van der Waals surface area contributed by atoms with Gasteiger partial charge in [-0.2, -0.15) is 5.12 Å². The summed E-state index contributed by atoms with van der Waals surface area (Å²) >= 11 is 0. The second-order valence-corrected chi connectivity index (χ2v) is 1.19. The molecule has 7 heavy (non-hydrogen) atoms. The van der Waals surface area contributed by atoms with Crippen LogP contribution in [0, 0.1) is 0 Å². The Morgan fingerprint density at radius 1 is 1.71 bits per heavy atom. The molecule has 0 N–H and O–H groups in total. The lowest BCUT2D eigenvalue weighted by atomic mass is 10.4. The average molecular weight is 109 g/mol. The van der Waals surface area contributed by atoms with Gasteiger partial charge in [0.25, 0.3) is 6.30 Å². The molecule has 0 amide bonds. The fourth-order valence-corrected chi connectivity index (χ4v) is 0.280. The van der Waals surface area contributed by atoms with E-state index in [4.69, 9.17) is 0 Å². The molecule has 0 spiro atoms. The minimum atomic E-state index is -2.14. The van der Waals surface area contributed by atoms with Gasteiger partial charge in [0.1, 0.15) is 0 Å². The summed E-state index contributed by atoms with van der Waals surface area (Å²) in [6, 6.07) is 0. The molecule has 0 bridgehead atoms. The summed E-state index contributed by atoms with van der Waals surface area (Å²) in [4.78, 5) is 0. The van der Waals surface area contributed by atoms with Crippen LogP contribution < -0.4 is 0 Å². The van der Waals surface area contributed by atoms with Crippen LogP contribution in [0.25, 0.3) is 0 Å². The van der Waals surface area contributed by atoms with Gasteiger partial charge in [-0.15, -0.1) is 0 Å². The zero-order valence-electron chi connectivity index (χ0n) is 3.24. The Labute approximate surface area is 38.0 Å². The molecule has 0 aromatic carbocycles. The molecule has 0 aromatic heterocycles. The fraction of sp³-hybridized carbons (Fsp3) is 0.333. The maximum atomic E-state index is 11.4. The number of hydrogen-bond donors (Lipinski definition) is 0. The molecule has 4 heteroatoms. The number of alkyl halides is 1. The van der Waals surface area contributed by atoms with E-state index in [2.05, 4.69) is 0 Å². The van der Waals surface area contributed by atoms with E-state index < -0.39 is 12.1 Å². The zero-order chi connectivity index (χ0) is 5.44. The van der Waals surface area contributed by atoms with E-state index in [1.165, 1.54) is 0 Å². The van der Waals surface area contributed by atoms with Crippen molar-refractivity contribution in [1.82, 2.24) is 5.12 Å². The topological polar surface area (TPSA) is 3.24 Å². The highest BCUT2D eigenvalue weighted by atomic mass is 19.2. The van der Waals surface area contributed by atoms with Crippen LogP contribution in [0.4, 0.5) is 13.3 Å². The summed E-state index contributed by atoms with van der Waals surface area (Å²) in [6.07, 6.45) is -1.69. The predicted molar refractivity (Wildman–Crippen MR) is 17.0 cm³/mol. The van der Waals surface area contributed by atoms with Crippen LogP contribution in [0.3, 0.4) is 0 Å². The van der Waals surface area contributed by atoms with Gasteiger partial charge in [-0.3, -0.25) is 0 Å². The van der Waals surface area contributed by atoms with Gasteiger partial charge in [0.2, 0.25) is 0 Å². The number of hydrogen-bond acceptors (Lipinski definition) is 1. The molecule has 0 saturated heterocycles. The first kappa shape index (κ1) is 4.49. The Kier molecular flexibility index (Phi) is 0.736. The van der Waals surface area contributed by atoms with Gasteiger partial charge in [-0.1, -0.05) is 4.48 Å². The standard InChI is InChI=1S/C3H2F3N/c4-2-1-7(6)3(2)5/h1,3H. The van der Waals surface area contributed by atoms with E-state index in [9.17, 15) is 13.3 Å². The van der Waals surface area contributed by atoms with Gasteiger partial charge < -0.3 is 0 Å². The molecule has 1 rings (SSSR count). The molecule has 1 nitrogen and oxygen atoms in total. The van der Waals surface area contributed by atoms with Gasteiger partial charge in [0.05, 0.1) is 6.20 Å². The van der Waals surface area contributed by atoms with E-state index in [1.54, 1.807) is 0 Å². The van der Waals surface area contributed by atoms with E-state index >= 15 is 0 Å². The van der Waals surface area contributed by atoms with Crippen molar-refractivity contribution in [2.24, 2.45) is 0 Å². The second kappa shape index (κ2) is 1.15. The molecule has 40 valence electrons. The molecule has 1 aliphatic heterocycles. The minimum Gasteiger partial charge on any atom is -0.213 e. The lowest BCUT2D eigenvalue weighted by Gasteiger charge is -2.20. The minimum absolute atomic E-state index is 0.338. The molecule has 1 aliphatic rings. The van der Waals surface area contributed by atoms with Crippen LogP contribution >= 0.6 is 0 Å². The molecule has 1 atom stereocenters. The largest absolute Gasteiger partial charge is 0.252 e. The van der Waals surface area contributed by atoms with E-state index in [1.807, 2.05) is 0 Å². The summed E-state index contributed by atoms with van der Waals surface area (Å²) in [7, 11) is 0. The van der Waals surface area contributed by atoms with Crippen LogP contribution in [0.1, 0.15) is 0 Å². The summed E-state index contributed by atoms with van der Waals surface area (Å²) in [5.74, 6) is -1.05. The maximum absolute atomic E-state index is 11.4. The van der Waals surface area contributed by atoms with Crippen molar-refractivity contribution in [3.8, 4) is 0 Å². The Morgan fingerprint density at radius 3 is 2.29 bits per heavy atom. The van der Waals surface area contributed by atoms with Crippen molar-refractivity contribution < 1.29 is 13.3 Å². The van der Waals surface area contributed by atoms with Crippen molar-refractivity contribution in [2.45, 2.75) is 6.30 Å². The molecule has 0 aliphatic carbocycles. The smallest absolute Gasteiger partial charge is 0.213 e. The Morgan fingerprint density at radius 2 is 2.29 bits per heavy atom. The lowest BCUT2D eigenvalue weighted by Crippen LogP contribution is -2.28. The van der Waals surface area contributed by atoms with Gasteiger partial charge in [-0.25, -0.2) is 8.78 Å². The third-order valence-corrected chi connectivity index (χ3v) is 0.691. The van der Waals surface area contributed by atoms with E-state index in [-0.39, 0.29) is 5.12 Å². The summed E-state index contributed by atoms with van der Waals surface area (Å²) in [6.45, 7) is 0.